The lowest BCUT2D eigenvalue weighted by Crippen LogP contribution is -2.23. The van der Waals surface area contributed by atoms with Crippen molar-refractivity contribution < 1.29 is 27.5 Å². The van der Waals surface area contributed by atoms with E-state index in [1.165, 1.54) is 43.0 Å². The second-order valence-corrected chi connectivity index (χ2v) is 5.23. The molecular weight excluding hydrogens is 327 g/mol. The molecule has 126 valence electrons. The number of benzene rings is 1. The molecule has 2 heterocycles. The maximum Gasteiger partial charge on any atom is 0.573 e. The Morgan fingerprint density at radius 2 is 1.75 bits per heavy atom. The molecule has 0 unspecified atom stereocenters. The van der Waals surface area contributed by atoms with E-state index in [0.717, 1.165) is 0 Å². The second kappa shape index (κ2) is 5.99. The van der Waals surface area contributed by atoms with E-state index >= 15 is 0 Å². The Balaban J connectivity index is 1.67. The highest BCUT2D eigenvalue weighted by molar-refractivity contribution is 5.80. The molecule has 24 heavy (non-hydrogen) atoms. The van der Waals surface area contributed by atoms with Crippen molar-refractivity contribution in [3.63, 3.8) is 0 Å². The number of alkyl halides is 3. The molecule has 0 N–H and O–H groups in total. The predicted octanol–water partition coefficient (Wildman–Crippen LogP) is 3.40. The summed E-state index contributed by atoms with van der Waals surface area (Å²) in [5.74, 6) is 0.438. The molecule has 1 aromatic heterocycles. The molecule has 0 saturated carbocycles. The number of rotatable bonds is 3. The van der Waals surface area contributed by atoms with E-state index in [4.69, 9.17) is 9.57 Å². The van der Waals surface area contributed by atoms with Crippen LogP contribution in [-0.4, -0.2) is 22.2 Å². The fourth-order valence-corrected chi connectivity index (χ4v) is 2.20. The van der Waals surface area contributed by atoms with Gasteiger partial charge < -0.3 is 14.3 Å². The average Bonchev–Trinajstić information content (AvgIpc) is 2.90. The number of hydrogen-bond donors (Lipinski definition) is 0. The fourth-order valence-electron chi connectivity index (χ4n) is 2.20. The summed E-state index contributed by atoms with van der Waals surface area (Å²) in [7, 11) is 0. The predicted molar refractivity (Wildman–Crippen MR) is 76.3 cm³/mol. The molecule has 0 bridgehead atoms. The highest BCUT2D eigenvalue weighted by atomic mass is 19.4. The number of hydrogen-bond acceptors (Lipinski definition) is 6. The largest absolute Gasteiger partial charge is 0.573 e. The van der Waals surface area contributed by atoms with E-state index in [1.807, 2.05) is 0 Å². The molecule has 1 aliphatic rings. The third-order valence-electron chi connectivity index (χ3n) is 3.31. The Morgan fingerprint density at radius 3 is 2.38 bits per heavy atom. The third kappa shape index (κ3) is 3.73. The zero-order chi connectivity index (χ0) is 17.2. The number of ether oxygens (including phenoxy) is 2. The Labute approximate surface area is 134 Å². The molecule has 3 rings (SSSR count). The van der Waals surface area contributed by atoms with Crippen LogP contribution in [0.1, 0.15) is 18.9 Å². The smallest absolute Gasteiger partial charge is 0.436 e. The van der Waals surface area contributed by atoms with Crippen molar-refractivity contribution in [1.82, 2.24) is 9.97 Å². The quantitative estimate of drug-likeness (QED) is 0.857. The van der Waals surface area contributed by atoms with Crippen LogP contribution < -0.4 is 9.47 Å². The van der Waals surface area contributed by atoms with Gasteiger partial charge in [0, 0.05) is 0 Å². The van der Waals surface area contributed by atoms with E-state index in [9.17, 15) is 13.2 Å². The first-order valence-electron chi connectivity index (χ1n) is 6.88. The topological polar surface area (TPSA) is 65.8 Å². The van der Waals surface area contributed by atoms with Crippen molar-refractivity contribution in [1.29, 1.82) is 0 Å². The van der Waals surface area contributed by atoms with Crippen LogP contribution in [0, 0.1) is 0 Å². The van der Waals surface area contributed by atoms with Crippen molar-refractivity contribution in [3.8, 4) is 11.5 Å². The van der Waals surface area contributed by atoms with Gasteiger partial charge in [-0.1, -0.05) is 17.3 Å². The third-order valence-corrected chi connectivity index (χ3v) is 3.31. The summed E-state index contributed by atoms with van der Waals surface area (Å²) in [6, 6.07) is 5.43. The minimum Gasteiger partial charge on any atom is -0.436 e. The summed E-state index contributed by atoms with van der Waals surface area (Å²) in [5.41, 5.74) is -0.203. The number of aromatic nitrogens is 2. The van der Waals surface area contributed by atoms with Gasteiger partial charge in [-0.25, -0.2) is 9.97 Å². The van der Waals surface area contributed by atoms with Crippen molar-refractivity contribution in [2.75, 3.05) is 0 Å². The lowest BCUT2D eigenvalue weighted by atomic mass is 9.93. The summed E-state index contributed by atoms with van der Waals surface area (Å²) in [4.78, 5) is 13.1. The Morgan fingerprint density at radius 1 is 1.08 bits per heavy atom. The summed E-state index contributed by atoms with van der Waals surface area (Å²) in [6.07, 6.45) is -0.0874. The molecule has 0 amide bonds. The Bertz CT molecular complexity index is 735. The van der Waals surface area contributed by atoms with Crippen molar-refractivity contribution in [2.24, 2.45) is 5.16 Å². The molecule has 0 spiro atoms. The van der Waals surface area contributed by atoms with E-state index in [2.05, 4.69) is 19.9 Å². The molecular formula is C15H12F3N3O3. The number of halogens is 3. The van der Waals surface area contributed by atoms with Gasteiger partial charge in [0.1, 0.15) is 12.1 Å². The van der Waals surface area contributed by atoms with Crippen LogP contribution in [0.25, 0.3) is 0 Å². The second-order valence-electron chi connectivity index (χ2n) is 5.23. The maximum atomic E-state index is 12.2. The van der Waals surface area contributed by atoms with Gasteiger partial charge in [-0.15, -0.1) is 13.2 Å². The molecule has 0 fully saturated rings. The summed E-state index contributed by atoms with van der Waals surface area (Å²) in [6.45, 7) is 1.76. The van der Waals surface area contributed by atoms with Crippen molar-refractivity contribution >= 4 is 5.90 Å². The van der Waals surface area contributed by atoms with Crippen molar-refractivity contribution in [2.45, 2.75) is 25.3 Å². The van der Waals surface area contributed by atoms with Crippen LogP contribution in [-0.2, 0) is 10.4 Å². The van der Waals surface area contributed by atoms with Gasteiger partial charge in [0.05, 0.1) is 18.8 Å². The molecule has 0 aliphatic carbocycles. The van der Waals surface area contributed by atoms with Crippen LogP contribution >= 0.6 is 0 Å². The maximum absolute atomic E-state index is 12.2. The molecule has 1 atom stereocenters. The van der Waals surface area contributed by atoms with Gasteiger partial charge >= 0.3 is 6.36 Å². The molecule has 2 aromatic rings. The first-order valence-corrected chi connectivity index (χ1v) is 6.88. The molecule has 0 radical (unpaired) electrons. The highest BCUT2D eigenvalue weighted by Gasteiger charge is 2.38. The first-order chi connectivity index (χ1) is 11.3. The standard InChI is InChI=1S/C15H12F3N3O3/c1-14(10-2-4-11(5-3-10)23-15(16,17)18)6-13(21-24-14)22-12-7-19-9-20-8-12/h2-5,7-9H,6H2,1H3/t14-/m0/s1. The lowest BCUT2D eigenvalue weighted by Gasteiger charge is -2.21. The summed E-state index contributed by atoms with van der Waals surface area (Å²) < 4.78 is 45.9. The minimum atomic E-state index is -4.73. The SMILES string of the molecule is C[C@@]1(c2ccc(OC(F)(F)F)cc2)CC(Oc2cncnc2)=NO1. The summed E-state index contributed by atoms with van der Waals surface area (Å²) >= 11 is 0. The molecule has 1 aromatic carbocycles. The molecule has 6 nitrogen and oxygen atoms in total. The summed E-state index contributed by atoms with van der Waals surface area (Å²) in [5, 5.41) is 3.87. The van der Waals surface area contributed by atoms with E-state index < -0.39 is 12.0 Å². The van der Waals surface area contributed by atoms with Gasteiger partial charge in [0.15, 0.2) is 11.4 Å². The van der Waals surface area contributed by atoms with Crippen LogP contribution in [0.4, 0.5) is 13.2 Å². The zero-order valence-electron chi connectivity index (χ0n) is 12.4. The normalized spacial score (nSPS) is 20.2. The van der Waals surface area contributed by atoms with Crippen LogP contribution in [0.2, 0.25) is 0 Å². The van der Waals surface area contributed by atoms with Gasteiger partial charge in [-0.2, -0.15) is 0 Å². The Hall–Kier alpha value is -2.84. The van der Waals surface area contributed by atoms with Crippen LogP contribution in [0.3, 0.4) is 0 Å². The monoisotopic (exact) mass is 339 g/mol. The number of nitrogens with zero attached hydrogens (tertiary/aromatic N) is 3. The van der Waals surface area contributed by atoms with Gasteiger partial charge in [0.25, 0.3) is 0 Å². The zero-order valence-corrected chi connectivity index (χ0v) is 12.4. The highest BCUT2D eigenvalue weighted by Crippen LogP contribution is 2.36. The van der Waals surface area contributed by atoms with Crippen molar-refractivity contribution in [3.05, 3.63) is 48.5 Å². The average molecular weight is 339 g/mol. The number of oxime groups is 1. The lowest BCUT2D eigenvalue weighted by molar-refractivity contribution is -0.274. The van der Waals surface area contributed by atoms with E-state index in [0.29, 0.717) is 23.6 Å². The van der Waals surface area contributed by atoms with Gasteiger partial charge in [-0.3, -0.25) is 0 Å². The van der Waals surface area contributed by atoms with E-state index in [-0.39, 0.29) is 5.75 Å². The fraction of sp³-hybridized carbons (Fsp3) is 0.267. The Kier molecular flexibility index (Phi) is 4.00. The minimum absolute atomic E-state index is 0.299. The molecule has 0 saturated heterocycles. The molecule has 1 aliphatic heterocycles. The van der Waals surface area contributed by atoms with Crippen LogP contribution in [0.5, 0.6) is 11.5 Å². The van der Waals surface area contributed by atoms with Gasteiger partial charge in [-0.05, 0) is 24.6 Å². The first kappa shape index (κ1) is 16.0. The van der Waals surface area contributed by atoms with E-state index in [1.54, 1.807) is 6.92 Å². The molecule has 9 heteroatoms. The van der Waals surface area contributed by atoms with Crippen LogP contribution in [0.15, 0.2) is 48.1 Å². The van der Waals surface area contributed by atoms with Gasteiger partial charge in [0.2, 0.25) is 5.90 Å².